The van der Waals surface area contributed by atoms with Crippen LogP contribution in [0.5, 0.6) is 0 Å². The van der Waals surface area contributed by atoms with Crippen molar-refractivity contribution in [2.24, 2.45) is 4.99 Å². The number of hydrogen-bond donors (Lipinski definition) is 0. The van der Waals surface area contributed by atoms with Crippen molar-refractivity contribution in [3.63, 3.8) is 0 Å². The molecule has 6 rings (SSSR count). The Morgan fingerprint density at radius 3 is 1.92 bits per heavy atom. The molecule has 2 heterocycles. The highest BCUT2D eigenvalue weighted by Gasteiger charge is 2.51. The summed E-state index contributed by atoms with van der Waals surface area (Å²) in [7, 11) is -0.342. The van der Waals surface area contributed by atoms with Crippen LogP contribution < -0.4 is 5.46 Å². The molecule has 178 valence electrons. The topological polar surface area (TPSA) is 30.8 Å². The molecule has 0 saturated carbocycles. The highest BCUT2D eigenvalue weighted by molar-refractivity contribution is 7.99. The summed E-state index contributed by atoms with van der Waals surface area (Å²) >= 11 is 1.78. The first-order chi connectivity index (χ1) is 17.3. The third kappa shape index (κ3) is 4.11. The molecule has 5 heteroatoms. The first-order valence-corrected chi connectivity index (χ1v) is 13.1. The average Bonchev–Trinajstić information content (AvgIpc) is 3.00. The van der Waals surface area contributed by atoms with Crippen LogP contribution in [0.3, 0.4) is 0 Å². The maximum Gasteiger partial charge on any atom is 0.494 e. The number of nitrogens with zero attached hydrogens (tertiary/aromatic N) is 1. The van der Waals surface area contributed by atoms with Crippen molar-refractivity contribution < 1.29 is 9.31 Å². The lowest BCUT2D eigenvalue weighted by Crippen LogP contribution is -2.41. The molecular formula is C31H28BNO2S. The molecule has 0 aromatic heterocycles. The van der Waals surface area contributed by atoms with Crippen LogP contribution in [0.2, 0.25) is 0 Å². The average molecular weight is 489 g/mol. The monoisotopic (exact) mass is 489 g/mol. The van der Waals surface area contributed by atoms with Gasteiger partial charge in [0, 0.05) is 21.6 Å². The van der Waals surface area contributed by atoms with Crippen LogP contribution in [0, 0.1) is 0 Å². The summed E-state index contributed by atoms with van der Waals surface area (Å²) in [6.45, 7) is 8.33. The highest BCUT2D eigenvalue weighted by Crippen LogP contribution is 2.41. The first-order valence-electron chi connectivity index (χ1n) is 12.3. The van der Waals surface area contributed by atoms with Gasteiger partial charge in [0.2, 0.25) is 0 Å². The molecule has 3 nitrogen and oxygen atoms in total. The van der Waals surface area contributed by atoms with E-state index in [1.807, 2.05) is 12.3 Å². The molecule has 0 spiro atoms. The summed E-state index contributed by atoms with van der Waals surface area (Å²) < 4.78 is 12.4. The second-order valence-corrected chi connectivity index (χ2v) is 11.4. The number of fused-ring (bicyclic) bond motifs is 2. The molecule has 4 aromatic rings. The van der Waals surface area contributed by atoms with Crippen molar-refractivity contribution in [2.75, 3.05) is 0 Å². The quantitative estimate of drug-likeness (QED) is 0.246. The fourth-order valence-electron chi connectivity index (χ4n) is 4.57. The third-order valence-corrected chi connectivity index (χ3v) is 8.59. The molecule has 1 fully saturated rings. The SMILES string of the molecule is CC1(C)OB(c2ccc(-c3ccc(-c4cccc5c4C=Nc4ccccc4S5)cc3)cc2)OC1(C)C. The fraction of sp³-hybridized carbons (Fsp3) is 0.194. The van der Waals surface area contributed by atoms with E-state index in [0.717, 1.165) is 11.2 Å². The Balaban J connectivity index is 1.25. The Labute approximate surface area is 217 Å². The van der Waals surface area contributed by atoms with Crippen LogP contribution in [-0.4, -0.2) is 24.5 Å². The van der Waals surface area contributed by atoms with Crippen LogP contribution >= 0.6 is 11.8 Å². The number of rotatable bonds is 3. The summed E-state index contributed by atoms with van der Waals surface area (Å²) in [6, 6.07) is 32.1. The lowest BCUT2D eigenvalue weighted by Gasteiger charge is -2.32. The van der Waals surface area contributed by atoms with E-state index < -0.39 is 0 Å². The number of hydrogen-bond acceptors (Lipinski definition) is 4. The molecular weight excluding hydrogens is 461 g/mol. The second-order valence-electron chi connectivity index (χ2n) is 10.3. The van der Waals surface area contributed by atoms with Gasteiger partial charge in [0.25, 0.3) is 0 Å². The van der Waals surface area contributed by atoms with Crippen molar-refractivity contribution >= 4 is 36.2 Å². The van der Waals surface area contributed by atoms with Crippen LogP contribution in [0.4, 0.5) is 5.69 Å². The number of para-hydroxylation sites is 1. The van der Waals surface area contributed by atoms with Crippen LogP contribution in [0.25, 0.3) is 22.3 Å². The van der Waals surface area contributed by atoms with Crippen LogP contribution in [-0.2, 0) is 9.31 Å². The van der Waals surface area contributed by atoms with E-state index in [4.69, 9.17) is 14.3 Å². The van der Waals surface area contributed by atoms with E-state index in [9.17, 15) is 0 Å². The normalized spacial score (nSPS) is 17.4. The maximum absolute atomic E-state index is 6.20. The second kappa shape index (κ2) is 8.77. The van der Waals surface area contributed by atoms with Crippen molar-refractivity contribution in [1.29, 1.82) is 0 Å². The standard InChI is InChI=1S/C31H28BNO2S/c1-30(2)31(3,4)35-32(34-30)24-18-16-22(17-19-24)21-12-14-23(15-13-21)25-8-7-11-28-26(25)20-33-27-9-5-6-10-29(27)36-28/h5-20H,1-4H3. The fourth-order valence-corrected chi connectivity index (χ4v) is 5.60. The van der Waals surface area contributed by atoms with Gasteiger partial charge in [-0.1, -0.05) is 84.6 Å². The van der Waals surface area contributed by atoms with Gasteiger partial charge in [-0.2, -0.15) is 0 Å². The Morgan fingerprint density at radius 1 is 0.639 bits per heavy atom. The summed E-state index contributed by atoms with van der Waals surface area (Å²) in [5.41, 5.74) is 7.27. The molecule has 0 aliphatic carbocycles. The van der Waals surface area contributed by atoms with E-state index in [1.165, 1.54) is 37.6 Å². The lowest BCUT2D eigenvalue weighted by atomic mass is 9.78. The number of benzene rings is 4. The van der Waals surface area contributed by atoms with E-state index in [-0.39, 0.29) is 18.3 Å². The van der Waals surface area contributed by atoms with Gasteiger partial charge in [0.15, 0.2) is 0 Å². The van der Waals surface area contributed by atoms with Crippen molar-refractivity contribution in [3.8, 4) is 22.3 Å². The van der Waals surface area contributed by atoms with E-state index in [2.05, 4.69) is 113 Å². The van der Waals surface area contributed by atoms with Gasteiger partial charge in [0.1, 0.15) is 0 Å². The lowest BCUT2D eigenvalue weighted by molar-refractivity contribution is 0.00578. The zero-order valence-corrected chi connectivity index (χ0v) is 21.8. The summed E-state index contributed by atoms with van der Waals surface area (Å²) in [5, 5.41) is 0. The number of aliphatic imine (C=N–C) groups is 1. The Kier molecular flexibility index (Phi) is 5.68. The summed E-state index contributed by atoms with van der Waals surface area (Å²) in [4.78, 5) is 7.18. The van der Waals surface area contributed by atoms with Crippen molar-refractivity contribution in [3.05, 3.63) is 96.6 Å². The Morgan fingerprint density at radius 2 is 1.22 bits per heavy atom. The first kappa shape index (κ1) is 23.3. The van der Waals surface area contributed by atoms with Gasteiger partial charge in [-0.15, -0.1) is 0 Å². The molecule has 0 unspecified atom stereocenters. The van der Waals surface area contributed by atoms with E-state index in [1.54, 1.807) is 11.8 Å². The van der Waals surface area contributed by atoms with Gasteiger partial charge in [0.05, 0.1) is 16.9 Å². The molecule has 0 amide bonds. The minimum atomic E-state index is -0.342. The molecule has 2 aliphatic rings. The summed E-state index contributed by atoms with van der Waals surface area (Å²) in [5.74, 6) is 0. The molecule has 0 bridgehead atoms. The van der Waals surface area contributed by atoms with Crippen LogP contribution in [0.1, 0.15) is 33.3 Å². The largest absolute Gasteiger partial charge is 0.494 e. The molecule has 1 saturated heterocycles. The Bertz CT molecular complexity index is 1440. The van der Waals surface area contributed by atoms with Crippen molar-refractivity contribution in [1.82, 2.24) is 0 Å². The molecule has 2 aliphatic heterocycles. The maximum atomic E-state index is 6.20. The highest BCUT2D eigenvalue weighted by atomic mass is 32.2. The predicted molar refractivity (Wildman–Crippen MR) is 151 cm³/mol. The van der Waals surface area contributed by atoms with E-state index in [0.29, 0.717) is 0 Å². The Hall–Kier alpha value is -3.12. The zero-order valence-electron chi connectivity index (χ0n) is 21.0. The van der Waals surface area contributed by atoms with E-state index >= 15 is 0 Å². The molecule has 36 heavy (non-hydrogen) atoms. The predicted octanol–water partition coefficient (Wildman–Crippen LogP) is 7.54. The van der Waals surface area contributed by atoms with Gasteiger partial charge in [-0.25, -0.2) is 0 Å². The van der Waals surface area contributed by atoms with Gasteiger partial charge in [-0.3, -0.25) is 4.99 Å². The van der Waals surface area contributed by atoms with Crippen LogP contribution in [0.15, 0.2) is 106 Å². The summed E-state index contributed by atoms with van der Waals surface area (Å²) in [6.07, 6.45) is 2.01. The van der Waals surface area contributed by atoms with Gasteiger partial charge < -0.3 is 9.31 Å². The van der Waals surface area contributed by atoms with Crippen molar-refractivity contribution in [2.45, 2.75) is 48.7 Å². The van der Waals surface area contributed by atoms with Gasteiger partial charge >= 0.3 is 7.12 Å². The molecule has 0 atom stereocenters. The van der Waals surface area contributed by atoms with Gasteiger partial charge in [-0.05, 0) is 73.6 Å². The minimum Gasteiger partial charge on any atom is -0.399 e. The molecule has 0 N–H and O–H groups in total. The molecule has 4 aromatic carbocycles. The zero-order chi connectivity index (χ0) is 24.9. The molecule has 0 radical (unpaired) electrons. The smallest absolute Gasteiger partial charge is 0.399 e. The third-order valence-electron chi connectivity index (χ3n) is 7.45. The minimum absolute atomic E-state index is 0.339.